The molecule has 0 saturated heterocycles. The molecule has 0 aliphatic rings. The van der Waals surface area contributed by atoms with Crippen LogP contribution in [-0.4, -0.2) is 0 Å². The molecule has 1 aromatic heterocycles. The number of hydrogen-bond acceptors (Lipinski definition) is 1. The van der Waals surface area contributed by atoms with E-state index in [-0.39, 0.29) is 5.41 Å². The predicted octanol–water partition coefficient (Wildman–Crippen LogP) is 4.35. The van der Waals surface area contributed by atoms with Crippen molar-refractivity contribution in [3.05, 3.63) is 35.1 Å². The van der Waals surface area contributed by atoms with Gasteiger partial charge in [0.05, 0.1) is 0 Å². The minimum Gasteiger partial charge on any atom is -0.460 e. The number of fused-ring (bicyclic) bond motifs is 1. The molecule has 80 valence electrons. The van der Waals surface area contributed by atoms with Gasteiger partial charge in [-0.25, -0.2) is 0 Å². The predicted molar refractivity (Wildman–Crippen MR) is 64.4 cm³/mol. The lowest BCUT2D eigenvalue weighted by Gasteiger charge is -2.15. The van der Waals surface area contributed by atoms with Crippen molar-refractivity contribution in [1.29, 1.82) is 0 Å². The van der Waals surface area contributed by atoms with E-state index >= 15 is 0 Å². The third-order valence-corrected chi connectivity index (χ3v) is 2.84. The Kier molecular flexibility index (Phi) is 2.14. The molecule has 1 heteroatoms. The van der Waals surface area contributed by atoms with Crippen molar-refractivity contribution in [3.8, 4) is 0 Å². The zero-order valence-electron chi connectivity index (χ0n) is 10.1. The molecule has 0 aliphatic heterocycles. The number of rotatable bonds is 0. The van der Waals surface area contributed by atoms with E-state index in [0.29, 0.717) is 0 Å². The summed E-state index contributed by atoms with van der Waals surface area (Å²) in [5.74, 6) is 1.10. The van der Waals surface area contributed by atoms with Gasteiger partial charge in [-0.3, -0.25) is 0 Å². The largest absolute Gasteiger partial charge is 0.460 e. The highest BCUT2D eigenvalue weighted by molar-refractivity contribution is 5.85. The summed E-state index contributed by atoms with van der Waals surface area (Å²) in [6.07, 6.45) is 0. The number of furan rings is 1. The molecule has 0 atom stereocenters. The molecule has 1 aromatic carbocycles. The van der Waals surface area contributed by atoms with Gasteiger partial charge in [0.15, 0.2) is 0 Å². The first-order chi connectivity index (χ1) is 6.91. The van der Waals surface area contributed by atoms with Gasteiger partial charge in [-0.2, -0.15) is 0 Å². The maximum atomic E-state index is 5.94. The van der Waals surface area contributed by atoms with Crippen LogP contribution in [0.5, 0.6) is 0 Å². The second-order valence-electron chi connectivity index (χ2n) is 5.25. The minimum atomic E-state index is 0.0789. The highest BCUT2D eigenvalue weighted by atomic mass is 16.3. The van der Waals surface area contributed by atoms with Crippen molar-refractivity contribution in [2.45, 2.75) is 40.0 Å². The fourth-order valence-corrected chi connectivity index (χ4v) is 2.22. The second-order valence-corrected chi connectivity index (χ2v) is 5.25. The summed E-state index contributed by atoms with van der Waals surface area (Å²) < 4.78 is 5.94. The van der Waals surface area contributed by atoms with Crippen LogP contribution in [-0.2, 0) is 5.41 Å². The number of hydrogen-bond donors (Lipinski definition) is 0. The lowest BCUT2D eigenvalue weighted by Crippen LogP contribution is -2.10. The quantitative estimate of drug-likeness (QED) is 0.619. The van der Waals surface area contributed by atoms with Crippen molar-refractivity contribution >= 4 is 11.0 Å². The molecule has 0 N–H and O–H groups in total. The lowest BCUT2D eigenvalue weighted by molar-refractivity contribution is 0.426. The zero-order valence-corrected chi connectivity index (χ0v) is 10.1. The molecule has 1 nitrogen and oxygen atoms in total. The molecule has 1 heterocycles. The summed E-state index contributed by atoms with van der Waals surface area (Å²) in [5, 5.41) is 1.28. The number of benzene rings is 1. The molecule has 2 aromatic rings. The Morgan fingerprint density at radius 1 is 1.07 bits per heavy atom. The summed E-state index contributed by atoms with van der Waals surface area (Å²) in [6, 6.07) is 6.23. The Morgan fingerprint density at radius 3 is 2.27 bits per heavy atom. The maximum absolute atomic E-state index is 5.94. The van der Waals surface area contributed by atoms with E-state index in [0.717, 1.165) is 11.3 Å². The third-order valence-electron chi connectivity index (χ3n) is 2.84. The fourth-order valence-electron chi connectivity index (χ4n) is 2.22. The summed E-state index contributed by atoms with van der Waals surface area (Å²) in [7, 11) is 0. The number of aryl methyl sites for hydroxylation is 2. The standard InChI is InChI=1S/C14H18O/c1-9-7-6-8-11-12(9)10(2)13(15-11)14(3,4)5/h6-8H,1-5H3. The van der Waals surface area contributed by atoms with E-state index in [1.807, 2.05) is 12.1 Å². The highest BCUT2D eigenvalue weighted by Crippen LogP contribution is 2.34. The molecule has 2 rings (SSSR count). The lowest BCUT2D eigenvalue weighted by atomic mass is 9.90. The van der Waals surface area contributed by atoms with Crippen LogP contribution in [0.25, 0.3) is 11.0 Å². The molecule has 0 amide bonds. The molecule has 0 saturated carbocycles. The Labute approximate surface area is 91.1 Å². The van der Waals surface area contributed by atoms with Gasteiger partial charge in [-0.1, -0.05) is 32.9 Å². The Hall–Kier alpha value is -1.24. The third kappa shape index (κ3) is 1.56. The van der Waals surface area contributed by atoms with Gasteiger partial charge in [0.1, 0.15) is 11.3 Å². The van der Waals surface area contributed by atoms with E-state index in [1.165, 1.54) is 16.5 Å². The fraction of sp³-hybridized carbons (Fsp3) is 0.429. The van der Waals surface area contributed by atoms with Crippen molar-refractivity contribution < 1.29 is 4.42 Å². The second kappa shape index (κ2) is 3.13. The highest BCUT2D eigenvalue weighted by Gasteiger charge is 2.23. The van der Waals surface area contributed by atoms with Gasteiger partial charge in [0.2, 0.25) is 0 Å². The van der Waals surface area contributed by atoms with Crippen LogP contribution in [0.1, 0.15) is 37.7 Å². The Morgan fingerprint density at radius 2 is 1.73 bits per heavy atom. The van der Waals surface area contributed by atoms with E-state index < -0.39 is 0 Å². The van der Waals surface area contributed by atoms with Gasteiger partial charge >= 0.3 is 0 Å². The normalized spacial score (nSPS) is 12.3. The van der Waals surface area contributed by atoms with E-state index in [9.17, 15) is 0 Å². The molecular weight excluding hydrogens is 184 g/mol. The zero-order chi connectivity index (χ0) is 11.2. The van der Waals surface area contributed by atoms with Crippen LogP contribution in [0.15, 0.2) is 22.6 Å². The molecule has 0 aliphatic carbocycles. The maximum Gasteiger partial charge on any atom is 0.134 e. The molecule has 15 heavy (non-hydrogen) atoms. The first kappa shape index (κ1) is 10.3. The van der Waals surface area contributed by atoms with Gasteiger partial charge in [-0.15, -0.1) is 0 Å². The van der Waals surface area contributed by atoms with Crippen LogP contribution in [0.2, 0.25) is 0 Å². The van der Waals surface area contributed by atoms with Crippen LogP contribution in [0.3, 0.4) is 0 Å². The topological polar surface area (TPSA) is 13.1 Å². The molecule has 0 spiro atoms. The van der Waals surface area contributed by atoms with Crippen molar-refractivity contribution in [1.82, 2.24) is 0 Å². The molecule has 0 radical (unpaired) electrons. The van der Waals surface area contributed by atoms with Gasteiger partial charge in [0, 0.05) is 10.8 Å². The smallest absolute Gasteiger partial charge is 0.134 e. The van der Waals surface area contributed by atoms with Crippen LogP contribution >= 0.6 is 0 Å². The minimum absolute atomic E-state index is 0.0789. The van der Waals surface area contributed by atoms with Crippen molar-refractivity contribution in [2.75, 3.05) is 0 Å². The van der Waals surface area contributed by atoms with E-state index in [2.05, 4.69) is 40.7 Å². The van der Waals surface area contributed by atoms with Crippen molar-refractivity contribution in [2.24, 2.45) is 0 Å². The average Bonchev–Trinajstić information content (AvgIpc) is 2.44. The first-order valence-electron chi connectivity index (χ1n) is 5.40. The summed E-state index contributed by atoms with van der Waals surface area (Å²) in [6.45, 7) is 10.9. The van der Waals surface area contributed by atoms with Crippen LogP contribution in [0.4, 0.5) is 0 Å². The van der Waals surface area contributed by atoms with E-state index in [4.69, 9.17) is 4.42 Å². The monoisotopic (exact) mass is 202 g/mol. The first-order valence-corrected chi connectivity index (χ1v) is 5.40. The Bertz CT molecular complexity index is 498. The van der Waals surface area contributed by atoms with Crippen molar-refractivity contribution in [3.63, 3.8) is 0 Å². The SMILES string of the molecule is Cc1cccc2oc(C(C)(C)C)c(C)c12. The molecular formula is C14H18O. The van der Waals surface area contributed by atoms with Gasteiger partial charge < -0.3 is 4.42 Å². The van der Waals surface area contributed by atoms with E-state index in [1.54, 1.807) is 0 Å². The summed E-state index contributed by atoms with van der Waals surface area (Å²) in [5.41, 5.74) is 3.67. The van der Waals surface area contributed by atoms with Crippen LogP contribution in [0, 0.1) is 13.8 Å². The Balaban J connectivity index is 2.82. The van der Waals surface area contributed by atoms with Gasteiger partial charge in [-0.05, 0) is 31.0 Å². The average molecular weight is 202 g/mol. The molecule has 0 bridgehead atoms. The van der Waals surface area contributed by atoms with Gasteiger partial charge in [0.25, 0.3) is 0 Å². The summed E-state index contributed by atoms with van der Waals surface area (Å²) >= 11 is 0. The molecule has 0 fully saturated rings. The van der Waals surface area contributed by atoms with Crippen LogP contribution < -0.4 is 0 Å². The summed E-state index contributed by atoms with van der Waals surface area (Å²) in [4.78, 5) is 0. The molecule has 0 unspecified atom stereocenters.